The predicted molar refractivity (Wildman–Crippen MR) is 52.1 cm³/mol. The molecule has 0 aromatic carbocycles. The summed E-state index contributed by atoms with van der Waals surface area (Å²) in [7, 11) is 0. The van der Waals surface area contributed by atoms with Crippen LogP contribution in [0.2, 0.25) is 0 Å². The standard InChI is InChI=1S/C11H20O/c1-3-4-7-10-9(2)6-5-8-11(10)12/h11-12H,3-8H2,1-2H3/t11-/m0/s1. The van der Waals surface area contributed by atoms with Crippen molar-refractivity contribution in [2.24, 2.45) is 0 Å². The van der Waals surface area contributed by atoms with Crippen LogP contribution in [-0.4, -0.2) is 11.2 Å². The second kappa shape index (κ2) is 4.66. The Balaban J connectivity index is 2.55. The van der Waals surface area contributed by atoms with Gasteiger partial charge < -0.3 is 5.11 Å². The largest absolute Gasteiger partial charge is 0.389 e. The topological polar surface area (TPSA) is 20.2 Å². The molecule has 1 heteroatoms. The fourth-order valence-electron chi connectivity index (χ4n) is 1.93. The van der Waals surface area contributed by atoms with Crippen molar-refractivity contribution in [2.45, 2.75) is 58.5 Å². The van der Waals surface area contributed by atoms with Gasteiger partial charge in [-0.05, 0) is 44.6 Å². The second-order valence-electron chi connectivity index (χ2n) is 3.82. The van der Waals surface area contributed by atoms with Crippen LogP contribution in [0.5, 0.6) is 0 Å². The van der Waals surface area contributed by atoms with Crippen molar-refractivity contribution in [3.63, 3.8) is 0 Å². The molecule has 0 fully saturated rings. The van der Waals surface area contributed by atoms with E-state index in [1.54, 1.807) is 0 Å². The first-order chi connectivity index (χ1) is 5.75. The van der Waals surface area contributed by atoms with Gasteiger partial charge in [0.15, 0.2) is 0 Å². The molecule has 0 bridgehead atoms. The van der Waals surface area contributed by atoms with Gasteiger partial charge >= 0.3 is 0 Å². The van der Waals surface area contributed by atoms with Gasteiger partial charge in [-0.25, -0.2) is 0 Å². The van der Waals surface area contributed by atoms with Crippen molar-refractivity contribution in [1.29, 1.82) is 0 Å². The van der Waals surface area contributed by atoms with E-state index in [4.69, 9.17) is 0 Å². The minimum atomic E-state index is -0.120. The molecule has 1 atom stereocenters. The van der Waals surface area contributed by atoms with Crippen LogP contribution in [0.25, 0.3) is 0 Å². The van der Waals surface area contributed by atoms with Gasteiger partial charge in [-0.2, -0.15) is 0 Å². The molecule has 70 valence electrons. The summed E-state index contributed by atoms with van der Waals surface area (Å²) in [6.45, 7) is 4.37. The fraction of sp³-hybridized carbons (Fsp3) is 0.818. The highest BCUT2D eigenvalue weighted by Gasteiger charge is 2.17. The van der Waals surface area contributed by atoms with E-state index in [1.165, 1.54) is 36.8 Å². The minimum absolute atomic E-state index is 0.120. The Bertz CT molecular complexity index is 170. The summed E-state index contributed by atoms with van der Waals surface area (Å²) in [5.74, 6) is 0. The van der Waals surface area contributed by atoms with Crippen LogP contribution >= 0.6 is 0 Å². The molecule has 0 saturated carbocycles. The molecular weight excluding hydrogens is 148 g/mol. The molecular formula is C11H20O. The molecule has 1 aliphatic carbocycles. The Hall–Kier alpha value is -0.300. The van der Waals surface area contributed by atoms with Crippen molar-refractivity contribution >= 4 is 0 Å². The molecule has 1 rings (SSSR count). The number of aliphatic hydroxyl groups excluding tert-OH is 1. The summed E-state index contributed by atoms with van der Waals surface area (Å²) in [4.78, 5) is 0. The molecule has 0 spiro atoms. The quantitative estimate of drug-likeness (QED) is 0.642. The van der Waals surface area contributed by atoms with Crippen LogP contribution in [0.15, 0.2) is 11.1 Å². The Morgan fingerprint density at radius 1 is 1.50 bits per heavy atom. The van der Waals surface area contributed by atoms with Gasteiger partial charge in [-0.1, -0.05) is 18.9 Å². The minimum Gasteiger partial charge on any atom is -0.389 e. The van der Waals surface area contributed by atoms with Crippen LogP contribution in [0.1, 0.15) is 52.4 Å². The van der Waals surface area contributed by atoms with Crippen LogP contribution < -0.4 is 0 Å². The molecule has 12 heavy (non-hydrogen) atoms. The molecule has 0 aliphatic heterocycles. The zero-order valence-electron chi connectivity index (χ0n) is 8.27. The van der Waals surface area contributed by atoms with Crippen LogP contribution in [0.4, 0.5) is 0 Å². The lowest BCUT2D eigenvalue weighted by Crippen LogP contribution is -2.16. The second-order valence-corrected chi connectivity index (χ2v) is 3.82. The van der Waals surface area contributed by atoms with Crippen molar-refractivity contribution in [3.05, 3.63) is 11.1 Å². The SMILES string of the molecule is CCCCC1=C(C)CCC[C@@H]1O. The van der Waals surface area contributed by atoms with Crippen LogP contribution in [0, 0.1) is 0 Å². The van der Waals surface area contributed by atoms with E-state index < -0.39 is 0 Å². The number of unbranched alkanes of at least 4 members (excludes halogenated alkanes) is 1. The third kappa shape index (κ3) is 2.34. The molecule has 0 aromatic heterocycles. The first kappa shape index (κ1) is 9.79. The summed E-state index contributed by atoms with van der Waals surface area (Å²) in [5.41, 5.74) is 2.78. The molecule has 1 aliphatic rings. The predicted octanol–water partition coefficient (Wildman–Crippen LogP) is 3.04. The highest BCUT2D eigenvalue weighted by molar-refractivity contribution is 5.19. The van der Waals surface area contributed by atoms with Crippen LogP contribution in [-0.2, 0) is 0 Å². The summed E-state index contributed by atoms with van der Waals surface area (Å²) < 4.78 is 0. The number of aliphatic hydroxyl groups is 1. The Labute approximate surface area is 75.5 Å². The summed E-state index contributed by atoms with van der Waals surface area (Å²) in [6, 6.07) is 0. The first-order valence-corrected chi connectivity index (χ1v) is 5.12. The van der Waals surface area contributed by atoms with Crippen molar-refractivity contribution in [1.82, 2.24) is 0 Å². The van der Waals surface area contributed by atoms with Gasteiger partial charge in [-0.15, -0.1) is 0 Å². The number of hydrogen-bond acceptors (Lipinski definition) is 1. The Morgan fingerprint density at radius 3 is 2.83 bits per heavy atom. The van der Waals surface area contributed by atoms with Gasteiger partial charge in [0.1, 0.15) is 0 Å². The summed E-state index contributed by atoms with van der Waals surface area (Å²) >= 11 is 0. The van der Waals surface area contributed by atoms with E-state index in [1.807, 2.05) is 0 Å². The van der Waals surface area contributed by atoms with Crippen molar-refractivity contribution in [3.8, 4) is 0 Å². The van der Waals surface area contributed by atoms with Gasteiger partial charge in [0.05, 0.1) is 6.10 Å². The molecule has 0 unspecified atom stereocenters. The Morgan fingerprint density at radius 2 is 2.25 bits per heavy atom. The van der Waals surface area contributed by atoms with Gasteiger partial charge in [0.25, 0.3) is 0 Å². The lowest BCUT2D eigenvalue weighted by atomic mass is 9.87. The van der Waals surface area contributed by atoms with E-state index in [-0.39, 0.29) is 6.10 Å². The van der Waals surface area contributed by atoms with E-state index in [2.05, 4.69) is 13.8 Å². The monoisotopic (exact) mass is 168 g/mol. The highest BCUT2D eigenvalue weighted by Crippen LogP contribution is 2.28. The first-order valence-electron chi connectivity index (χ1n) is 5.12. The normalized spacial score (nSPS) is 24.8. The van der Waals surface area contributed by atoms with Crippen molar-refractivity contribution in [2.75, 3.05) is 0 Å². The smallest absolute Gasteiger partial charge is 0.0752 e. The van der Waals surface area contributed by atoms with Crippen LogP contribution in [0.3, 0.4) is 0 Å². The average molecular weight is 168 g/mol. The zero-order valence-corrected chi connectivity index (χ0v) is 8.27. The van der Waals surface area contributed by atoms with Gasteiger partial charge in [-0.3, -0.25) is 0 Å². The lowest BCUT2D eigenvalue weighted by Gasteiger charge is -2.23. The van der Waals surface area contributed by atoms with E-state index in [9.17, 15) is 5.11 Å². The number of rotatable bonds is 3. The zero-order chi connectivity index (χ0) is 8.97. The molecule has 1 N–H and O–H groups in total. The number of hydrogen-bond donors (Lipinski definition) is 1. The van der Waals surface area contributed by atoms with E-state index in [0.29, 0.717) is 0 Å². The fourth-order valence-corrected chi connectivity index (χ4v) is 1.93. The lowest BCUT2D eigenvalue weighted by molar-refractivity contribution is 0.184. The highest BCUT2D eigenvalue weighted by atomic mass is 16.3. The maximum atomic E-state index is 9.71. The summed E-state index contributed by atoms with van der Waals surface area (Å²) in [6.07, 6.45) is 6.80. The summed E-state index contributed by atoms with van der Waals surface area (Å²) in [5, 5.41) is 9.71. The molecule has 0 saturated heterocycles. The van der Waals surface area contributed by atoms with Crippen molar-refractivity contribution < 1.29 is 5.11 Å². The molecule has 0 aromatic rings. The van der Waals surface area contributed by atoms with E-state index in [0.717, 1.165) is 12.8 Å². The van der Waals surface area contributed by atoms with E-state index >= 15 is 0 Å². The third-order valence-corrected chi connectivity index (χ3v) is 2.78. The number of allylic oxidation sites excluding steroid dienone is 1. The third-order valence-electron chi connectivity index (χ3n) is 2.78. The Kier molecular flexibility index (Phi) is 3.80. The van der Waals surface area contributed by atoms with Gasteiger partial charge in [0, 0.05) is 0 Å². The molecule has 0 heterocycles. The maximum absolute atomic E-state index is 9.71. The molecule has 0 amide bonds. The molecule has 1 nitrogen and oxygen atoms in total. The maximum Gasteiger partial charge on any atom is 0.0752 e. The molecule has 0 radical (unpaired) electrons. The van der Waals surface area contributed by atoms with Gasteiger partial charge in [0.2, 0.25) is 0 Å². The average Bonchev–Trinajstić information content (AvgIpc) is 2.04.